The van der Waals surface area contributed by atoms with Crippen molar-refractivity contribution in [3.05, 3.63) is 35.9 Å². The average Bonchev–Trinajstić information content (AvgIpc) is 2.24. The van der Waals surface area contributed by atoms with Crippen molar-refractivity contribution in [2.45, 2.75) is 26.3 Å². The summed E-state index contributed by atoms with van der Waals surface area (Å²) in [5, 5.41) is 0. The maximum atomic E-state index is 11.7. The van der Waals surface area contributed by atoms with Gasteiger partial charge in [-0.1, -0.05) is 30.3 Å². The summed E-state index contributed by atoms with van der Waals surface area (Å²) in [6.07, 6.45) is 0. The molecule has 0 aliphatic heterocycles. The maximum Gasteiger partial charge on any atom is 0.277 e. The first-order chi connectivity index (χ1) is 8.20. The van der Waals surface area contributed by atoms with Gasteiger partial charge in [0.2, 0.25) is 0 Å². The minimum atomic E-state index is -3.66. The number of carbonyl (C=O) groups excluding carboxylic acids is 1. The van der Waals surface area contributed by atoms with Crippen molar-refractivity contribution in [2.75, 3.05) is 6.54 Å². The van der Waals surface area contributed by atoms with Crippen LogP contribution in [0.25, 0.3) is 0 Å². The van der Waals surface area contributed by atoms with Crippen molar-refractivity contribution in [3.8, 4) is 0 Å². The van der Waals surface area contributed by atoms with Gasteiger partial charge in [-0.25, -0.2) is 0 Å². The topological polar surface area (TPSA) is 75.3 Å². The lowest BCUT2D eigenvalue weighted by Crippen LogP contribution is -2.48. The average molecular weight is 270 g/mol. The number of carbonyl (C=O) groups is 1. The van der Waals surface area contributed by atoms with E-state index in [9.17, 15) is 13.2 Å². The van der Waals surface area contributed by atoms with E-state index in [2.05, 4.69) is 9.44 Å². The van der Waals surface area contributed by atoms with E-state index in [4.69, 9.17) is 0 Å². The Morgan fingerprint density at radius 2 is 1.72 bits per heavy atom. The van der Waals surface area contributed by atoms with E-state index >= 15 is 0 Å². The number of hydrogen-bond donors (Lipinski definition) is 2. The van der Waals surface area contributed by atoms with Gasteiger partial charge in [0.15, 0.2) is 5.78 Å². The predicted octanol–water partition coefficient (Wildman–Crippen LogP) is 1.09. The van der Waals surface area contributed by atoms with Gasteiger partial charge in [-0.15, -0.1) is 0 Å². The number of benzene rings is 1. The van der Waals surface area contributed by atoms with E-state index in [1.54, 1.807) is 51.1 Å². The van der Waals surface area contributed by atoms with Crippen LogP contribution in [0.2, 0.25) is 0 Å². The maximum absolute atomic E-state index is 11.7. The monoisotopic (exact) mass is 270 g/mol. The molecule has 18 heavy (non-hydrogen) atoms. The molecule has 0 unspecified atom stereocenters. The SMILES string of the molecule is CC(C)(C)NS(=O)(=O)NCC(=O)c1ccccc1. The minimum absolute atomic E-state index is 0.255. The predicted molar refractivity (Wildman–Crippen MR) is 70.6 cm³/mol. The summed E-state index contributed by atoms with van der Waals surface area (Å²) in [4.78, 5) is 11.7. The summed E-state index contributed by atoms with van der Waals surface area (Å²) >= 11 is 0. The largest absolute Gasteiger partial charge is 0.293 e. The van der Waals surface area contributed by atoms with Gasteiger partial charge in [-0.3, -0.25) is 4.79 Å². The van der Waals surface area contributed by atoms with Crippen LogP contribution >= 0.6 is 0 Å². The molecule has 0 amide bonds. The van der Waals surface area contributed by atoms with E-state index in [-0.39, 0.29) is 12.3 Å². The number of ketones is 1. The molecule has 0 radical (unpaired) electrons. The third-order valence-electron chi connectivity index (χ3n) is 1.96. The molecule has 0 spiro atoms. The molecule has 0 atom stereocenters. The smallest absolute Gasteiger partial charge is 0.277 e. The normalized spacial score (nSPS) is 12.4. The Morgan fingerprint density at radius 1 is 1.17 bits per heavy atom. The fourth-order valence-corrected chi connectivity index (χ4v) is 2.53. The van der Waals surface area contributed by atoms with Crippen molar-refractivity contribution < 1.29 is 13.2 Å². The first-order valence-electron chi connectivity index (χ1n) is 5.56. The molecule has 1 rings (SSSR count). The Kier molecular flexibility index (Phi) is 4.61. The Balaban J connectivity index is 2.59. The minimum Gasteiger partial charge on any atom is -0.293 e. The standard InChI is InChI=1S/C12H18N2O3S/c1-12(2,3)14-18(16,17)13-9-11(15)10-7-5-4-6-8-10/h4-8,13-14H,9H2,1-3H3. The number of nitrogens with one attached hydrogen (secondary N) is 2. The molecule has 0 bridgehead atoms. The molecule has 1 aromatic rings. The van der Waals surface area contributed by atoms with Crippen LogP contribution in [0.4, 0.5) is 0 Å². The van der Waals surface area contributed by atoms with E-state index in [0.717, 1.165) is 0 Å². The summed E-state index contributed by atoms with van der Waals surface area (Å²) in [6, 6.07) is 8.55. The summed E-state index contributed by atoms with van der Waals surface area (Å²) in [7, 11) is -3.66. The van der Waals surface area contributed by atoms with Gasteiger partial charge in [0, 0.05) is 11.1 Å². The third kappa shape index (κ3) is 5.39. The van der Waals surface area contributed by atoms with Crippen LogP contribution in [-0.4, -0.2) is 26.3 Å². The third-order valence-corrected chi connectivity index (χ3v) is 3.36. The summed E-state index contributed by atoms with van der Waals surface area (Å²) in [6.45, 7) is 4.93. The van der Waals surface area contributed by atoms with Gasteiger partial charge in [0.25, 0.3) is 10.2 Å². The van der Waals surface area contributed by atoms with Crippen LogP contribution in [0.15, 0.2) is 30.3 Å². The van der Waals surface area contributed by atoms with Crippen LogP contribution in [0, 0.1) is 0 Å². The van der Waals surface area contributed by atoms with Crippen LogP contribution in [0.1, 0.15) is 31.1 Å². The highest BCUT2D eigenvalue weighted by Crippen LogP contribution is 2.02. The Hall–Kier alpha value is -1.24. The molecule has 5 nitrogen and oxygen atoms in total. The molecule has 0 aromatic heterocycles. The fourth-order valence-electron chi connectivity index (χ4n) is 1.33. The molecular weight excluding hydrogens is 252 g/mol. The second-order valence-corrected chi connectivity index (χ2v) is 6.47. The fraction of sp³-hybridized carbons (Fsp3) is 0.417. The van der Waals surface area contributed by atoms with E-state index in [1.807, 2.05) is 0 Å². The van der Waals surface area contributed by atoms with Gasteiger partial charge >= 0.3 is 0 Å². The highest BCUT2D eigenvalue weighted by molar-refractivity contribution is 7.87. The molecular formula is C12H18N2O3S. The van der Waals surface area contributed by atoms with Crippen LogP contribution in [0.5, 0.6) is 0 Å². The zero-order valence-electron chi connectivity index (χ0n) is 10.7. The molecule has 0 heterocycles. The van der Waals surface area contributed by atoms with Crippen molar-refractivity contribution in [1.29, 1.82) is 0 Å². The number of hydrogen-bond acceptors (Lipinski definition) is 3. The molecule has 0 saturated heterocycles. The number of Topliss-reactive ketones (excluding diaryl/α,β-unsaturated/α-hetero) is 1. The van der Waals surface area contributed by atoms with Crippen LogP contribution < -0.4 is 9.44 Å². The quantitative estimate of drug-likeness (QED) is 0.786. The molecule has 6 heteroatoms. The summed E-state index contributed by atoms with van der Waals surface area (Å²) in [5.74, 6) is -0.269. The zero-order chi connectivity index (χ0) is 13.8. The molecule has 0 aliphatic rings. The van der Waals surface area contributed by atoms with Crippen molar-refractivity contribution in [2.24, 2.45) is 0 Å². The second kappa shape index (κ2) is 5.60. The van der Waals surface area contributed by atoms with E-state index in [1.165, 1.54) is 0 Å². The Labute approximate surface area is 108 Å². The molecule has 0 fully saturated rings. The molecule has 100 valence electrons. The lowest BCUT2D eigenvalue weighted by atomic mass is 10.1. The van der Waals surface area contributed by atoms with Gasteiger partial charge in [0.1, 0.15) is 0 Å². The Bertz CT molecular complexity index is 504. The summed E-state index contributed by atoms with van der Waals surface area (Å²) in [5.41, 5.74) is -0.0993. The lowest BCUT2D eigenvalue weighted by molar-refractivity contribution is 0.0996. The first kappa shape index (κ1) is 14.8. The zero-order valence-corrected chi connectivity index (χ0v) is 11.5. The van der Waals surface area contributed by atoms with Crippen molar-refractivity contribution in [1.82, 2.24) is 9.44 Å². The van der Waals surface area contributed by atoms with Crippen molar-refractivity contribution >= 4 is 16.0 Å². The first-order valence-corrected chi connectivity index (χ1v) is 7.05. The van der Waals surface area contributed by atoms with Gasteiger partial charge in [-0.05, 0) is 20.8 Å². The van der Waals surface area contributed by atoms with E-state index < -0.39 is 15.7 Å². The van der Waals surface area contributed by atoms with Crippen LogP contribution in [-0.2, 0) is 10.2 Å². The van der Waals surface area contributed by atoms with E-state index in [0.29, 0.717) is 5.56 Å². The van der Waals surface area contributed by atoms with Crippen molar-refractivity contribution in [3.63, 3.8) is 0 Å². The second-order valence-electron chi connectivity index (χ2n) is 4.97. The highest BCUT2D eigenvalue weighted by atomic mass is 32.2. The van der Waals surface area contributed by atoms with Gasteiger partial charge in [0.05, 0.1) is 6.54 Å². The van der Waals surface area contributed by atoms with Gasteiger partial charge in [-0.2, -0.15) is 17.9 Å². The van der Waals surface area contributed by atoms with Gasteiger partial charge < -0.3 is 0 Å². The lowest BCUT2D eigenvalue weighted by Gasteiger charge is -2.20. The molecule has 2 N–H and O–H groups in total. The highest BCUT2D eigenvalue weighted by Gasteiger charge is 2.20. The number of rotatable bonds is 5. The molecule has 0 saturated carbocycles. The van der Waals surface area contributed by atoms with Crippen LogP contribution in [0.3, 0.4) is 0 Å². The molecule has 1 aromatic carbocycles. The molecule has 0 aliphatic carbocycles. The summed E-state index contributed by atoms with van der Waals surface area (Å²) < 4.78 is 27.9. The Morgan fingerprint density at radius 3 is 2.22 bits per heavy atom.